The van der Waals surface area contributed by atoms with Crippen LogP contribution in [0.2, 0.25) is 0 Å². The summed E-state index contributed by atoms with van der Waals surface area (Å²) < 4.78 is 0.873. The smallest absolute Gasteiger partial charge is 0.167 e. The minimum atomic E-state index is -0.679. The van der Waals surface area contributed by atoms with Crippen LogP contribution >= 0.6 is 15.9 Å². The summed E-state index contributed by atoms with van der Waals surface area (Å²) in [6, 6.07) is 0. The molecule has 0 aromatic carbocycles. The van der Waals surface area contributed by atoms with Crippen LogP contribution in [0.25, 0.3) is 0 Å². The quantitative estimate of drug-likeness (QED) is 0.599. The van der Waals surface area contributed by atoms with Crippen molar-refractivity contribution in [2.75, 3.05) is 7.05 Å². The molecule has 0 aliphatic carbocycles. The van der Waals surface area contributed by atoms with Gasteiger partial charge in [0.15, 0.2) is 6.23 Å². The summed E-state index contributed by atoms with van der Waals surface area (Å²) in [5.74, 6) is 0. The van der Waals surface area contributed by atoms with Crippen molar-refractivity contribution in [3.8, 4) is 0 Å². The first-order chi connectivity index (χ1) is 4.61. The molecule has 1 rings (SSSR count). The third-order valence-electron chi connectivity index (χ3n) is 1.32. The van der Waals surface area contributed by atoms with E-state index in [0.29, 0.717) is 5.70 Å². The Morgan fingerprint density at radius 2 is 2.40 bits per heavy atom. The number of nitrogens with two attached hydrogens (primary N) is 1. The number of hydrogen-bond acceptors (Lipinski definition) is 3. The van der Waals surface area contributed by atoms with Crippen molar-refractivity contribution in [1.82, 2.24) is 4.90 Å². The highest BCUT2D eigenvalue weighted by atomic mass is 79.9. The molecule has 1 atom stereocenters. The maximum Gasteiger partial charge on any atom is 0.167 e. The number of hydrogen-bond donors (Lipinski definition) is 2. The molecule has 1 aliphatic rings. The summed E-state index contributed by atoms with van der Waals surface area (Å²) in [7, 11) is 1.76. The van der Waals surface area contributed by atoms with E-state index >= 15 is 0 Å². The highest BCUT2D eigenvalue weighted by molar-refractivity contribution is 9.11. The Morgan fingerprint density at radius 3 is 2.90 bits per heavy atom. The lowest BCUT2D eigenvalue weighted by Crippen LogP contribution is -2.34. The lowest BCUT2D eigenvalue weighted by Gasteiger charge is -2.25. The third kappa shape index (κ3) is 1.33. The molecular formula is C6H9BrN2O. The van der Waals surface area contributed by atoms with E-state index < -0.39 is 6.23 Å². The minimum absolute atomic E-state index is 0.455. The number of aliphatic hydroxyl groups is 1. The first-order valence-electron chi connectivity index (χ1n) is 2.85. The number of likely N-dealkylation sites (N-methyl/N-ethyl adjacent to an activating group) is 1. The Hall–Kier alpha value is -0.480. The van der Waals surface area contributed by atoms with Gasteiger partial charge in [0, 0.05) is 17.7 Å². The molecule has 0 aromatic rings. The van der Waals surface area contributed by atoms with E-state index in [0.717, 1.165) is 4.48 Å². The molecule has 0 radical (unpaired) electrons. The molecule has 0 bridgehead atoms. The van der Waals surface area contributed by atoms with Gasteiger partial charge < -0.3 is 15.7 Å². The van der Waals surface area contributed by atoms with E-state index in [2.05, 4.69) is 15.9 Å². The summed E-state index contributed by atoms with van der Waals surface area (Å²) in [4.78, 5) is 1.62. The van der Waals surface area contributed by atoms with Gasteiger partial charge >= 0.3 is 0 Å². The van der Waals surface area contributed by atoms with Gasteiger partial charge in [-0.15, -0.1) is 0 Å². The van der Waals surface area contributed by atoms with Gasteiger partial charge in [-0.3, -0.25) is 0 Å². The molecule has 0 aromatic heterocycles. The number of halogens is 1. The molecule has 0 fully saturated rings. The second kappa shape index (κ2) is 2.64. The van der Waals surface area contributed by atoms with Gasteiger partial charge in [0.1, 0.15) is 0 Å². The summed E-state index contributed by atoms with van der Waals surface area (Å²) in [5, 5.41) is 9.23. The van der Waals surface area contributed by atoms with Gasteiger partial charge in [-0.1, -0.05) is 0 Å². The average Bonchev–Trinajstić information content (AvgIpc) is 1.82. The number of rotatable bonds is 0. The van der Waals surface area contributed by atoms with Crippen LogP contribution in [0.1, 0.15) is 0 Å². The SMILES string of the molecule is CN1C=C(Br)C=C(N)C1O. The largest absolute Gasteiger partial charge is 0.398 e. The summed E-state index contributed by atoms with van der Waals surface area (Å²) in [5.41, 5.74) is 5.91. The Balaban J connectivity index is 2.85. The molecule has 4 heteroatoms. The standard InChI is InChI=1S/C6H9BrN2O/c1-9-3-4(7)2-5(8)6(9)10/h2-3,6,10H,8H2,1H3. The van der Waals surface area contributed by atoms with Crippen LogP contribution < -0.4 is 5.73 Å². The van der Waals surface area contributed by atoms with Gasteiger partial charge in [-0.05, 0) is 22.0 Å². The summed E-state index contributed by atoms with van der Waals surface area (Å²) in [6.07, 6.45) is 2.77. The molecular weight excluding hydrogens is 196 g/mol. The van der Waals surface area contributed by atoms with Gasteiger partial charge in [0.05, 0.1) is 5.70 Å². The topological polar surface area (TPSA) is 49.5 Å². The highest BCUT2D eigenvalue weighted by Crippen LogP contribution is 2.17. The van der Waals surface area contributed by atoms with E-state index in [-0.39, 0.29) is 0 Å². The van der Waals surface area contributed by atoms with Crippen LogP contribution in [0.15, 0.2) is 22.5 Å². The maximum atomic E-state index is 9.23. The fourth-order valence-corrected chi connectivity index (χ4v) is 1.36. The zero-order chi connectivity index (χ0) is 7.72. The van der Waals surface area contributed by atoms with Gasteiger partial charge in [-0.25, -0.2) is 0 Å². The molecule has 0 amide bonds. The van der Waals surface area contributed by atoms with Crippen LogP contribution in [-0.2, 0) is 0 Å². The number of allylic oxidation sites excluding steroid dienone is 2. The summed E-state index contributed by atoms with van der Waals surface area (Å²) >= 11 is 3.25. The molecule has 1 heterocycles. The zero-order valence-electron chi connectivity index (χ0n) is 5.58. The molecule has 1 unspecified atom stereocenters. The van der Waals surface area contributed by atoms with E-state index in [1.807, 2.05) is 0 Å². The summed E-state index contributed by atoms with van der Waals surface area (Å²) in [6.45, 7) is 0. The third-order valence-corrected chi connectivity index (χ3v) is 1.75. The fraction of sp³-hybridized carbons (Fsp3) is 0.333. The van der Waals surface area contributed by atoms with E-state index in [9.17, 15) is 5.11 Å². The Bertz CT molecular complexity index is 200. The maximum absolute atomic E-state index is 9.23. The van der Waals surface area contributed by atoms with Crippen molar-refractivity contribution < 1.29 is 5.11 Å². The Kier molecular flexibility index (Phi) is 2.01. The van der Waals surface area contributed by atoms with Crippen molar-refractivity contribution in [2.45, 2.75) is 6.23 Å². The second-order valence-electron chi connectivity index (χ2n) is 2.20. The lowest BCUT2D eigenvalue weighted by atomic mass is 10.3. The molecule has 0 spiro atoms. The van der Waals surface area contributed by atoms with Gasteiger partial charge in [0.2, 0.25) is 0 Å². The molecule has 1 aliphatic heterocycles. The van der Waals surface area contributed by atoms with Crippen LogP contribution in [0.3, 0.4) is 0 Å². The van der Waals surface area contributed by atoms with Crippen molar-refractivity contribution in [2.24, 2.45) is 5.73 Å². The van der Waals surface area contributed by atoms with Crippen LogP contribution in [-0.4, -0.2) is 23.3 Å². The molecule has 0 saturated carbocycles. The van der Waals surface area contributed by atoms with Crippen LogP contribution in [0.4, 0.5) is 0 Å². The molecule has 56 valence electrons. The zero-order valence-corrected chi connectivity index (χ0v) is 7.17. The van der Waals surface area contributed by atoms with E-state index in [1.165, 1.54) is 0 Å². The molecule has 0 saturated heterocycles. The van der Waals surface area contributed by atoms with Crippen LogP contribution in [0.5, 0.6) is 0 Å². The van der Waals surface area contributed by atoms with Gasteiger partial charge in [0.25, 0.3) is 0 Å². The van der Waals surface area contributed by atoms with Crippen molar-refractivity contribution in [1.29, 1.82) is 0 Å². The lowest BCUT2D eigenvalue weighted by molar-refractivity contribution is 0.0844. The van der Waals surface area contributed by atoms with E-state index in [1.54, 1.807) is 24.2 Å². The highest BCUT2D eigenvalue weighted by Gasteiger charge is 2.14. The average molecular weight is 205 g/mol. The Morgan fingerprint density at radius 1 is 1.80 bits per heavy atom. The van der Waals surface area contributed by atoms with Gasteiger partial charge in [-0.2, -0.15) is 0 Å². The fourth-order valence-electron chi connectivity index (χ4n) is 0.771. The molecule has 3 N–H and O–H groups in total. The first-order valence-corrected chi connectivity index (χ1v) is 3.65. The molecule has 10 heavy (non-hydrogen) atoms. The second-order valence-corrected chi connectivity index (χ2v) is 3.11. The van der Waals surface area contributed by atoms with E-state index in [4.69, 9.17) is 5.73 Å². The molecule has 3 nitrogen and oxygen atoms in total. The first kappa shape index (κ1) is 7.63. The van der Waals surface area contributed by atoms with Crippen molar-refractivity contribution in [3.05, 3.63) is 22.5 Å². The predicted octanol–water partition coefficient (Wildman–Crippen LogP) is 0.329. The Labute approximate surface area is 67.9 Å². The minimum Gasteiger partial charge on any atom is -0.398 e. The van der Waals surface area contributed by atoms with Crippen molar-refractivity contribution >= 4 is 15.9 Å². The monoisotopic (exact) mass is 204 g/mol. The normalized spacial score (nSPS) is 25.9. The number of aliphatic hydroxyl groups excluding tert-OH is 1. The van der Waals surface area contributed by atoms with Crippen molar-refractivity contribution in [3.63, 3.8) is 0 Å². The predicted molar refractivity (Wildman–Crippen MR) is 43.1 cm³/mol. The number of nitrogens with zero attached hydrogens (tertiary/aromatic N) is 1. The van der Waals surface area contributed by atoms with Crippen LogP contribution in [0, 0.1) is 0 Å².